The van der Waals surface area contributed by atoms with Gasteiger partial charge < -0.3 is 10.0 Å². The monoisotopic (exact) mass is 183 g/mol. The van der Waals surface area contributed by atoms with E-state index in [-0.39, 0.29) is 6.04 Å². The zero-order valence-corrected chi connectivity index (χ0v) is 8.07. The maximum absolute atomic E-state index is 10.7. The standard InChI is InChI=1S/C10H17NO2/c1-4-6-7-9(3)11(8-5-2)10(12)13/h4-5,9H,1-2,6-8H2,3H3,(H,12,13). The number of amides is 1. The van der Waals surface area contributed by atoms with Gasteiger partial charge in [0, 0.05) is 12.6 Å². The highest BCUT2D eigenvalue weighted by atomic mass is 16.4. The van der Waals surface area contributed by atoms with E-state index >= 15 is 0 Å². The first-order chi connectivity index (χ1) is 6.13. The van der Waals surface area contributed by atoms with Gasteiger partial charge in [-0.1, -0.05) is 12.2 Å². The number of rotatable bonds is 6. The molecule has 13 heavy (non-hydrogen) atoms. The van der Waals surface area contributed by atoms with Gasteiger partial charge in [-0.3, -0.25) is 0 Å². The van der Waals surface area contributed by atoms with Crippen LogP contribution in [-0.2, 0) is 0 Å². The molecule has 1 amide bonds. The topological polar surface area (TPSA) is 40.5 Å². The Labute approximate surface area is 79.4 Å². The summed E-state index contributed by atoms with van der Waals surface area (Å²) in [6.07, 6.45) is 4.14. The van der Waals surface area contributed by atoms with E-state index in [0.29, 0.717) is 6.54 Å². The summed E-state index contributed by atoms with van der Waals surface area (Å²) >= 11 is 0. The lowest BCUT2D eigenvalue weighted by Gasteiger charge is -2.24. The normalized spacial score (nSPS) is 11.8. The van der Waals surface area contributed by atoms with Crippen molar-refractivity contribution in [2.24, 2.45) is 0 Å². The maximum atomic E-state index is 10.7. The molecule has 1 unspecified atom stereocenters. The van der Waals surface area contributed by atoms with Crippen LogP contribution in [0.1, 0.15) is 19.8 Å². The summed E-state index contributed by atoms with van der Waals surface area (Å²) in [5, 5.41) is 8.83. The van der Waals surface area contributed by atoms with E-state index < -0.39 is 6.09 Å². The fourth-order valence-corrected chi connectivity index (χ4v) is 1.10. The minimum absolute atomic E-state index is 0.0218. The first-order valence-electron chi connectivity index (χ1n) is 4.34. The highest BCUT2D eigenvalue weighted by molar-refractivity contribution is 5.65. The molecule has 3 nitrogen and oxygen atoms in total. The van der Waals surface area contributed by atoms with Crippen LogP contribution in [0.25, 0.3) is 0 Å². The molecule has 0 aliphatic rings. The summed E-state index contributed by atoms with van der Waals surface area (Å²) in [6, 6.07) is 0.0218. The number of carbonyl (C=O) groups is 1. The summed E-state index contributed by atoms with van der Waals surface area (Å²) in [7, 11) is 0. The summed E-state index contributed by atoms with van der Waals surface area (Å²) in [6.45, 7) is 9.39. The van der Waals surface area contributed by atoms with Crippen molar-refractivity contribution in [3.63, 3.8) is 0 Å². The van der Waals surface area contributed by atoms with Gasteiger partial charge in [-0.15, -0.1) is 13.2 Å². The number of hydrogen-bond acceptors (Lipinski definition) is 1. The van der Waals surface area contributed by atoms with Crippen molar-refractivity contribution in [3.05, 3.63) is 25.3 Å². The van der Waals surface area contributed by atoms with Gasteiger partial charge in [0.2, 0.25) is 0 Å². The Hall–Kier alpha value is -1.25. The number of hydrogen-bond donors (Lipinski definition) is 1. The predicted molar refractivity (Wildman–Crippen MR) is 53.8 cm³/mol. The van der Waals surface area contributed by atoms with Crippen LogP contribution >= 0.6 is 0 Å². The van der Waals surface area contributed by atoms with Crippen LogP contribution in [0.3, 0.4) is 0 Å². The van der Waals surface area contributed by atoms with Crippen molar-refractivity contribution < 1.29 is 9.90 Å². The van der Waals surface area contributed by atoms with E-state index in [4.69, 9.17) is 5.11 Å². The molecule has 0 saturated heterocycles. The summed E-state index contributed by atoms with van der Waals surface area (Å²) in [5.74, 6) is 0. The second-order valence-electron chi connectivity index (χ2n) is 2.94. The Morgan fingerprint density at radius 3 is 2.54 bits per heavy atom. The average molecular weight is 183 g/mol. The molecule has 0 heterocycles. The third kappa shape index (κ3) is 4.35. The zero-order valence-electron chi connectivity index (χ0n) is 8.07. The van der Waals surface area contributed by atoms with Gasteiger partial charge in [-0.25, -0.2) is 4.79 Å². The van der Waals surface area contributed by atoms with Crippen molar-refractivity contribution in [3.8, 4) is 0 Å². The van der Waals surface area contributed by atoms with E-state index in [0.717, 1.165) is 12.8 Å². The first-order valence-corrected chi connectivity index (χ1v) is 4.34. The van der Waals surface area contributed by atoms with Gasteiger partial charge in [0.15, 0.2) is 0 Å². The van der Waals surface area contributed by atoms with Crippen molar-refractivity contribution in [2.75, 3.05) is 6.54 Å². The molecule has 0 aromatic rings. The molecule has 0 aliphatic carbocycles. The third-order valence-corrected chi connectivity index (χ3v) is 1.89. The van der Waals surface area contributed by atoms with Crippen molar-refractivity contribution >= 4 is 6.09 Å². The van der Waals surface area contributed by atoms with Crippen LogP contribution in [0.5, 0.6) is 0 Å². The lowest BCUT2D eigenvalue weighted by Crippen LogP contribution is -2.37. The number of carboxylic acid groups (broad SMARTS) is 1. The molecular weight excluding hydrogens is 166 g/mol. The second-order valence-corrected chi connectivity index (χ2v) is 2.94. The van der Waals surface area contributed by atoms with Crippen LogP contribution in [0.4, 0.5) is 4.79 Å². The van der Waals surface area contributed by atoms with Crippen LogP contribution in [0, 0.1) is 0 Å². The molecule has 0 radical (unpaired) electrons. The van der Waals surface area contributed by atoms with E-state index in [1.165, 1.54) is 4.90 Å². The van der Waals surface area contributed by atoms with Crippen LogP contribution in [0.15, 0.2) is 25.3 Å². The largest absolute Gasteiger partial charge is 0.465 e. The maximum Gasteiger partial charge on any atom is 0.407 e. The van der Waals surface area contributed by atoms with E-state index in [2.05, 4.69) is 13.2 Å². The lowest BCUT2D eigenvalue weighted by molar-refractivity contribution is 0.132. The van der Waals surface area contributed by atoms with Gasteiger partial charge in [-0.2, -0.15) is 0 Å². The fourth-order valence-electron chi connectivity index (χ4n) is 1.10. The van der Waals surface area contributed by atoms with Crippen LogP contribution in [0.2, 0.25) is 0 Å². The Bertz CT molecular complexity index is 189. The average Bonchev–Trinajstić information content (AvgIpc) is 2.09. The van der Waals surface area contributed by atoms with Crippen molar-refractivity contribution in [1.29, 1.82) is 0 Å². The second kappa shape index (κ2) is 6.29. The predicted octanol–water partition coefficient (Wildman–Crippen LogP) is 2.51. The third-order valence-electron chi connectivity index (χ3n) is 1.89. The SMILES string of the molecule is C=CCCC(C)N(CC=C)C(=O)O. The highest BCUT2D eigenvalue weighted by Gasteiger charge is 2.16. The van der Waals surface area contributed by atoms with E-state index in [1.54, 1.807) is 12.2 Å². The van der Waals surface area contributed by atoms with Crippen molar-refractivity contribution in [1.82, 2.24) is 4.90 Å². The van der Waals surface area contributed by atoms with Crippen LogP contribution in [-0.4, -0.2) is 28.7 Å². The summed E-state index contributed by atoms with van der Waals surface area (Å²) < 4.78 is 0. The molecule has 0 aromatic carbocycles. The van der Waals surface area contributed by atoms with Gasteiger partial charge in [0.1, 0.15) is 0 Å². The molecule has 0 saturated carbocycles. The molecule has 0 aromatic heterocycles. The van der Waals surface area contributed by atoms with Gasteiger partial charge in [0.05, 0.1) is 0 Å². The van der Waals surface area contributed by atoms with Crippen molar-refractivity contribution in [2.45, 2.75) is 25.8 Å². The Balaban J connectivity index is 4.09. The molecule has 0 rings (SSSR count). The zero-order chi connectivity index (χ0) is 10.3. The quantitative estimate of drug-likeness (QED) is 0.643. The molecule has 0 fully saturated rings. The minimum atomic E-state index is -0.892. The molecule has 3 heteroatoms. The van der Waals surface area contributed by atoms with Gasteiger partial charge in [0.25, 0.3) is 0 Å². The molecule has 74 valence electrons. The smallest absolute Gasteiger partial charge is 0.407 e. The molecule has 0 aliphatic heterocycles. The Morgan fingerprint density at radius 1 is 1.54 bits per heavy atom. The Morgan fingerprint density at radius 2 is 2.15 bits per heavy atom. The number of allylic oxidation sites excluding steroid dienone is 1. The molecule has 1 atom stereocenters. The van der Waals surface area contributed by atoms with E-state index in [1.807, 2.05) is 6.92 Å². The molecule has 1 N–H and O–H groups in total. The highest BCUT2D eigenvalue weighted by Crippen LogP contribution is 2.07. The fraction of sp³-hybridized carbons (Fsp3) is 0.500. The van der Waals surface area contributed by atoms with Gasteiger partial charge in [-0.05, 0) is 19.8 Å². The number of nitrogens with zero attached hydrogens (tertiary/aromatic N) is 1. The summed E-state index contributed by atoms with van der Waals surface area (Å²) in [5.41, 5.74) is 0. The van der Waals surface area contributed by atoms with Crippen LogP contribution < -0.4 is 0 Å². The minimum Gasteiger partial charge on any atom is -0.465 e. The van der Waals surface area contributed by atoms with E-state index in [9.17, 15) is 4.79 Å². The molecule has 0 spiro atoms. The first kappa shape index (κ1) is 11.8. The molecular formula is C10H17NO2. The Kier molecular flexibility index (Phi) is 5.68. The summed E-state index contributed by atoms with van der Waals surface area (Å²) in [4.78, 5) is 12.1. The lowest BCUT2D eigenvalue weighted by atomic mass is 10.1. The molecule has 0 bridgehead atoms. The van der Waals surface area contributed by atoms with Gasteiger partial charge >= 0.3 is 6.09 Å².